The number of aromatic nitrogens is 1. The predicted octanol–water partition coefficient (Wildman–Crippen LogP) is 4.41. The molecule has 0 bridgehead atoms. The summed E-state index contributed by atoms with van der Waals surface area (Å²) in [6, 6.07) is 9.33. The number of carbonyl (C=O) groups is 1. The van der Waals surface area contributed by atoms with Gasteiger partial charge < -0.3 is 9.47 Å². The highest BCUT2D eigenvalue weighted by Crippen LogP contribution is 2.30. The molecule has 2 heterocycles. The first-order chi connectivity index (χ1) is 10.7. The molecule has 0 unspecified atom stereocenters. The Kier molecular flexibility index (Phi) is 4.22. The van der Waals surface area contributed by atoms with Crippen molar-refractivity contribution < 1.29 is 14.3 Å². The Balaban J connectivity index is 1.80. The van der Waals surface area contributed by atoms with Gasteiger partial charge in [-0.05, 0) is 36.1 Å². The number of carbonyl (C=O) groups excluding carboxylic acids is 1. The lowest BCUT2D eigenvalue weighted by atomic mass is 10.2. The average Bonchev–Trinajstić information content (AvgIpc) is 3.19. The van der Waals surface area contributed by atoms with Crippen LogP contribution in [0.1, 0.15) is 16.1 Å². The number of ether oxygens (including phenoxy) is 2. The minimum absolute atomic E-state index is 0.302. The van der Waals surface area contributed by atoms with Crippen LogP contribution in [0, 0.1) is 6.92 Å². The maximum absolute atomic E-state index is 12.2. The van der Waals surface area contributed by atoms with E-state index < -0.39 is 5.97 Å². The van der Waals surface area contributed by atoms with Crippen molar-refractivity contribution in [2.24, 2.45) is 0 Å². The van der Waals surface area contributed by atoms with Crippen molar-refractivity contribution in [2.75, 3.05) is 7.11 Å². The van der Waals surface area contributed by atoms with E-state index in [-0.39, 0.29) is 0 Å². The molecule has 6 heteroatoms. The summed E-state index contributed by atoms with van der Waals surface area (Å²) >= 11 is 3.01. The third kappa shape index (κ3) is 3.03. The Bertz CT molecular complexity index is 794. The molecule has 0 saturated heterocycles. The van der Waals surface area contributed by atoms with Crippen LogP contribution in [-0.2, 0) is 0 Å². The fourth-order valence-electron chi connectivity index (χ4n) is 1.89. The standard InChI is InChI=1S/C16H13NO3S2/c1-10-5-6-12(13(8-10)19-2)20-16(18)11-9-22-15(17-11)14-4-3-7-21-14/h3-9H,1-2H3. The summed E-state index contributed by atoms with van der Waals surface area (Å²) in [4.78, 5) is 17.6. The highest BCUT2D eigenvalue weighted by atomic mass is 32.1. The minimum Gasteiger partial charge on any atom is -0.493 e. The molecule has 2 aromatic heterocycles. The number of methoxy groups -OCH3 is 1. The molecule has 0 aliphatic carbocycles. The highest BCUT2D eigenvalue weighted by molar-refractivity contribution is 7.20. The van der Waals surface area contributed by atoms with Gasteiger partial charge in [0, 0.05) is 5.38 Å². The van der Waals surface area contributed by atoms with Gasteiger partial charge in [-0.15, -0.1) is 22.7 Å². The van der Waals surface area contributed by atoms with Crippen molar-refractivity contribution >= 4 is 28.6 Å². The van der Waals surface area contributed by atoms with Crippen LogP contribution in [0.2, 0.25) is 0 Å². The Labute approximate surface area is 136 Å². The Morgan fingerprint density at radius 3 is 2.77 bits per heavy atom. The number of thiazole rings is 1. The van der Waals surface area contributed by atoms with Crippen LogP contribution in [0.25, 0.3) is 9.88 Å². The molecule has 4 nitrogen and oxygen atoms in total. The van der Waals surface area contributed by atoms with Crippen LogP contribution in [0.3, 0.4) is 0 Å². The third-order valence-corrected chi connectivity index (χ3v) is 4.85. The first-order valence-electron chi connectivity index (χ1n) is 6.53. The zero-order valence-electron chi connectivity index (χ0n) is 12.0. The number of nitrogens with zero attached hydrogens (tertiary/aromatic N) is 1. The first-order valence-corrected chi connectivity index (χ1v) is 8.29. The summed E-state index contributed by atoms with van der Waals surface area (Å²) in [5.41, 5.74) is 1.33. The molecular weight excluding hydrogens is 318 g/mol. The Morgan fingerprint density at radius 1 is 1.18 bits per heavy atom. The third-order valence-electron chi connectivity index (χ3n) is 2.97. The summed E-state index contributed by atoms with van der Waals surface area (Å²) in [5, 5.41) is 4.50. The van der Waals surface area contributed by atoms with Crippen LogP contribution in [0.4, 0.5) is 0 Å². The molecule has 0 aliphatic rings. The van der Waals surface area contributed by atoms with Gasteiger partial charge in [-0.25, -0.2) is 9.78 Å². The molecule has 0 amide bonds. The van der Waals surface area contributed by atoms with E-state index in [4.69, 9.17) is 9.47 Å². The molecular formula is C16H13NO3S2. The van der Waals surface area contributed by atoms with Crippen LogP contribution in [0.5, 0.6) is 11.5 Å². The van der Waals surface area contributed by atoms with Gasteiger partial charge in [-0.2, -0.15) is 0 Å². The van der Waals surface area contributed by atoms with Crippen molar-refractivity contribution in [2.45, 2.75) is 6.92 Å². The second-order valence-electron chi connectivity index (χ2n) is 4.56. The molecule has 3 aromatic rings. The van der Waals surface area contributed by atoms with Crippen molar-refractivity contribution in [3.8, 4) is 21.4 Å². The molecule has 0 N–H and O–H groups in total. The monoisotopic (exact) mass is 331 g/mol. The van der Waals surface area contributed by atoms with Crippen molar-refractivity contribution in [1.82, 2.24) is 4.98 Å². The second-order valence-corrected chi connectivity index (χ2v) is 6.36. The van der Waals surface area contributed by atoms with Crippen molar-refractivity contribution in [3.63, 3.8) is 0 Å². The topological polar surface area (TPSA) is 48.4 Å². The zero-order chi connectivity index (χ0) is 15.5. The number of hydrogen-bond donors (Lipinski definition) is 0. The molecule has 0 spiro atoms. The summed E-state index contributed by atoms with van der Waals surface area (Å²) < 4.78 is 10.6. The van der Waals surface area contributed by atoms with Gasteiger partial charge in [0.05, 0.1) is 12.0 Å². The maximum Gasteiger partial charge on any atom is 0.363 e. The van der Waals surface area contributed by atoms with E-state index in [2.05, 4.69) is 4.98 Å². The summed E-state index contributed by atoms with van der Waals surface area (Å²) in [5.74, 6) is 0.437. The minimum atomic E-state index is -0.485. The predicted molar refractivity (Wildman–Crippen MR) is 88.1 cm³/mol. The van der Waals surface area contributed by atoms with Gasteiger partial charge in [0.2, 0.25) is 0 Å². The van der Waals surface area contributed by atoms with Gasteiger partial charge in [0.1, 0.15) is 5.01 Å². The van der Waals surface area contributed by atoms with Gasteiger partial charge >= 0.3 is 5.97 Å². The van der Waals surface area contributed by atoms with Gasteiger partial charge in [0.25, 0.3) is 0 Å². The van der Waals surface area contributed by atoms with E-state index in [1.54, 1.807) is 29.9 Å². The quantitative estimate of drug-likeness (QED) is 0.525. The lowest BCUT2D eigenvalue weighted by molar-refractivity contribution is 0.0724. The first kappa shape index (κ1) is 14.7. The average molecular weight is 331 g/mol. The van der Waals surface area contributed by atoms with E-state index in [0.717, 1.165) is 15.4 Å². The summed E-state index contributed by atoms with van der Waals surface area (Å²) in [6.45, 7) is 1.95. The van der Waals surface area contributed by atoms with Crippen LogP contribution in [0.15, 0.2) is 41.1 Å². The van der Waals surface area contributed by atoms with E-state index in [0.29, 0.717) is 17.2 Å². The Morgan fingerprint density at radius 2 is 2.05 bits per heavy atom. The lowest BCUT2D eigenvalue weighted by Gasteiger charge is -2.08. The molecule has 0 atom stereocenters. The molecule has 0 saturated carbocycles. The smallest absolute Gasteiger partial charge is 0.363 e. The van der Waals surface area contributed by atoms with E-state index in [1.165, 1.54) is 11.3 Å². The van der Waals surface area contributed by atoms with Crippen molar-refractivity contribution in [1.29, 1.82) is 0 Å². The molecule has 112 valence electrons. The van der Waals surface area contributed by atoms with E-state index >= 15 is 0 Å². The van der Waals surface area contributed by atoms with Crippen LogP contribution < -0.4 is 9.47 Å². The zero-order valence-corrected chi connectivity index (χ0v) is 13.7. The SMILES string of the molecule is COc1cc(C)ccc1OC(=O)c1csc(-c2cccs2)n1. The van der Waals surface area contributed by atoms with E-state index in [1.807, 2.05) is 36.6 Å². The number of benzene rings is 1. The maximum atomic E-state index is 12.2. The largest absolute Gasteiger partial charge is 0.493 e. The number of thiophene rings is 1. The van der Waals surface area contributed by atoms with Crippen LogP contribution >= 0.6 is 22.7 Å². The fourth-order valence-corrected chi connectivity index (χ4v) is 3.50. The number of esters is 1. The molecule has 0 fully saturated rings. The molecule has 0 aliphatic heterocycles. The van der Waals surface area contributed by atoms with Gasteiger partial charge in [-0.3, -0.25) is 0 Å². The fraction of sp³-hybridized carbons (Fsp3) is 0.125. The lowest BCUT2D eigenvalue weighted by Crippen LogP contribution is -2.09. The highest BCUT2D eigenvalue weighted by Gasteiger charge is 2.16. The second kappa shape index (κ2) is 6.29. The van der Waals surface area contributed by atoms with E-state index in [9.17, 15) is 4.79 Å². The molecule has 0 radical (unpaired) electrons. The normalized spacial score (nSPS) is 10.5. The number of rotatable bonds is 4. The van der Waals surface area contributed by atoms with Crippen molar-refractivity contribution in [3.05, 3.63) is 52.3 Å². The van der Waals surface area contributed by atoms with Crippen LogP contribution in [-0.4, -0.2) is 18.1 Å². The van der Waals surface area contributed by atoms with Gasteiger partial charge in [0.15, 0.2) is 17.2 Å². The number of hydrogen-bond acceptors (Lipinski definition) is 6. The molecule has 3 rings (SSSR count). The molecule has 1 aromatic carbocycles. The number of aryl methyl sites for hydroxylation is 1. The summed E-state index contributed by atoms with van der Waals surface area (Å²) in [6.07, 6.45) is 0. The van der Waals surface area contributed by atoms with Gasteiger partial charge in [-0.1, -0.05) is 12.1 Å². The molecule has 22 heavy (non-hydrogen) atoms. The Hall–Kier alpha value is -2.18. The summed E-state index contributed by atoms with van der Waals surface area (Å²) in [7, 11) is 1.55.